The molecule has 1 N–H and O–H groups in total. The average molecular weight is 271 g/mol. The van der Waals surface area contributed by atoms with Crippen LogP contribution in [0.4, 0.5) is 5.69 Å². The van der Waals surface area contributed by atoms with E-state index in [2.05, 4.69) is 33.2 Å². The van der Waals surface area contributed by atoms with Gasteiger partial charge in [-0.25, -0.2) is 4.98 Å². The maximum Gasteiger partial charge on any atom is 0.149 e. The van der Waals surface area contributed by atoms with E-state index in [0.717, 1.165) is 27.9 Å². The van der Waals surface area contributed by atoms with Crippen LogP contribution in [0.5, 0.6) is 0 Å². The summed E-state index contributed by atoms with van der Waals surface area (Å²) in [7, 11) is 0. The molecule has 0 unspecified atom stereocenters. The Balaban J connectivity index is 1.76. The highest BCUT2D eigenvalue weighted by molar-refractivity contribution is 5.95. The molecule has 4 aromatic rings. The summed E-state index contributed by atoms with van der Waals surface area (Å²) in [5, 5.41) is 2.34. The molecule has 1 heterocycles. The molecule has 0 aliphatic rings. The van der Waals surface area contributed by atoms with Crippen LogP contribution in [-0.4, -0.2) is 16.2 Å². The molecule has 1 aromatic heterocycles. The van der Waals surface area contributed by atoms with E-state index in [1.165, 1.54) is 5.39 Å². The fraction of sp³-hybridized carbons (Fsp3) is 0. The van der Waals surface area contributed by atoms with Crippen LogP contribution in [0.3, 0.4) is 0 Å². The van der Waals surface area contributed by atoms with Crippen LogP contribution < -0.4 is 0 Å². The molecule has 0 bridgehead atoms. The molecule has 100 valence electrons. The van der Waals surface area contributed by atoms with Gasteiger partial charge in [-0.3, -0.25) is 4.99 Å². The van der Waals surface area contributed by atoms with Crippen molar-refractivity contribution >= 4 is 33.7 Å². The van der Waals surface area contributed by atoms with Gasteiger partial charge in [-0.05, 0) is 23.6 Å². The lowest BCUT2D eigenvalue weighted by Gasteiger charge is -2.00. The van der Waals surface area contributed by atoms with E-state index >= 15 is 0 Å². The number of nitrogens with one attached hydrogen (secondary N) is 1. The fourth-order valence-electron chi connectivity index (χ4n) is 2.49. The third-order valence-corrected chi connectivity index (χ3v) is 3.50. The van der Waals surface area contributed by atoms with Crippen molar-refractivity contribution in [2.45, 2.75) is 0 Å². The summed E-state index contributed by atoms with van der Waals surface area (Å²) in [4.78, 5) is 12.3. The molecule has 0 aliphatic heterocycles. The van der Waals surface area contributed by atoms with Crippen molar-refractivity contribution in [3.05, 3.63) is 72.6 Å². The number of imidazole rings is 1. The Morgan fingerprint density at radius 2 is 1.67 bits per heavy atom. The quantitative estimate of drug-likeness (QED) is 0.537. The number of hydrogen-bond donors (Lipinski definition) is 1. The minimum atomic E-state index is 0.768. The number of aromatic amines is 1. The van der Waals surface area contributed by atoms with E-state index in [1.54, 1.807) is 6.21 Å². The van der Waals surface area contributed by atoms with Crippen LogP contribution in [0.1, 0.15) is 5.82 Å². The van der Waals surface area contributed by atoms with Crippen LogP contribution in [0.15, 0.2) is 71.7 Å². The number of fused-ring (bicyclic) bond motifs is 2. The first kappa shape index (κ1) is 11.9. The van der Waals surface area contributed by atoms with Crippen molar-refractivity contribution in [1.29, 1.82) is 0 Å². The number of para-hydroxylation sites is 2. The summed E-state index contributed by atoms with van der Waals surface area (Å²) >= 11 is 0. The zero-order chi connectivity index (χ0) is 14.1. The normalized spacial score (nSPS) is 11.6. The molecule has 0 fully saturated rings. The predicted molar refractivity (Wildman–Crippen MR) is 87.3 cm³/mol. The Morgan fingerprint density at radius 3 is 2.62 bits per heavy atom. The second-order valence-corrected chi connectivity index (χ2v) is 4.90. The molecule has 3 aromatic carbocycles. The van der Waals surface area contributed by atoms with Crippen LogP contribution in [0.25, 0.3) is 21.8 Å². The molecule has 0 saturated heterocycles. The molecule has 0 amide bonds. The highest BCUT2D eigenvalue weighted by Crippen LogP contribution is 2.25. The molecule has 21 heavy (non-hydrogen) atoms. The summed E-state index contributed by atoms with van der Waals surface area (Å²) in [6.45, 7) is 0. The number of H-pyrrole nitrogens is 1. The molecule has 0 atom stereocenters. The minimum Gasteiger partial charge on any atom is -0.337 e. The topological polar surface area (TPSA) is 41.0 Å². The number of aromatic nitrogens is 2. The first-order chi connectivity index (χ1) is 10.4. The minimum absolute atomic E-state index is 0.768. The van der Waals surface area contributed by atoms with Crippen molar-refractivity contribution in [3.63, 3.8) is 0 Å². The SMILES string of the molecule is C(=Nc1cccc2ccccc12)c1nc2ccccc2[nH]1. The van der Waals surface area contributed by atoms with Crippen molar-refractivity contribution in [2.75, 3.05) is 0 Å². The van der Waals surface area contributed by atoms with Gasteiger partial charge in [0.1, 0.15) is 5.82 Å². The van der Waals surface area contributed by atoms with Gasteiger partial charge in [0.25, 0.3) is 0 Å². The Labute approximate surface area is 122 Å². The van der Waals surface area contributed by atoms with Gasteiger partial charge in [-0.2, -0.15) is 0 Å². The standard InChI is InChI=1S/C18H13N3/c1-2-8-14-13(6-1)7-5-11-15(14)19-12-18-20-16-9-3-4-10-17(16)21-18/h1-12H,(H,20,21). The molecule has 0 radical (unpaired) electrons. The largest absolute Gasteiger partial charge is 0.337 e. The number of benzene rings is 3. The van der Waals surface area contributed by atoms with Gasteiger partial charge < -0.3 is 4.98 Å². The second kappa shape index (κ2) is 4.87. The van der Waals surface area contributed by atoms with Gasteiger partial charge in [-0.15, -0.1) is 0 Å². The smallest absolute Gasteiger partial charge is 0.149 e. The summed E-state index contributed by atoms with van der Waals surface area (Å²) in [5.41, 5.74) is 2.93. The van der Waals surface area contributed by atoms with Crippen molar-refractivity contribution in [2.24, 2.45) is 4.99 Å². The van der Waals surface area contributed by atoms with Crippen molar-refractivity contribution in [3.8, 4) is 0 Å². The Morgan fingerprint density at radius 1 is 0.857 bits per heavy atom. The van der Waals surface area contributed by atoms with E-state index in [9.17, 15) is 0 Å². The van der Waals surface area contributed by atoms with Crippen LogP contribution in [0, 0.1) is 0 Å². The maximum atomic E-state index is 4.58. The zero-order valence-corrected chi connectivity index (χ0v) is 11.3. The van der Waals surface area contributed by atoms with E-state index in [4.69, 9.17) is 0 Å². The van der Waals surface area contributed by atoms with Crippen molar-refractivity contribution < 1.29 is 0 Å². The van der Waals surface area contributed by atoms with Crippen molar-refractivity contribution in [1.82, 2.24) is 9.97 Å². The van der Waals surface area contributed by atoms with Crippen LogP contribution in [0.2, 0.25) is 0 Å². The van der Waals surface area contributed by atoms with Crippen LogP contribution >= 0.6 is 0 Å². The highest BCUT2D eigenvalue weighted by Gasteiger charge is 2.00. The lowest BCUT2D eigenvalue weighted by Crippen LogP contribution is -1.83. The lowest BCUT2D eigenvalue weighted by atomic mass is 10.1. The molecule has 0 spiro atoms. The predicted octanol–water partition coefficient (Wildman–Crippen LogP) is 4.47. The first-order valence-corrected chi connectivity index (χ1v) is 6.87. The van der Waals surface area contributed by atoms with E-state index < -0.39 is 0 Å². The Hall–Kier alpha value is -2.94. The molecule has 0 saturated carbocycles. The van der Waals surface area contributed by atoms with Crippen LogP contribution in [-0.2, 0) is 0 Å². The van der Waals surface area contributed by atoms with Gasteiger partial charge in [0.15, 0.2) is 0 Å². The number of nitrogens with zero attached hydrogens (tertiary/aromatic N) is 2. The second-order valence-electron chi connectivity index (χ2n) is 4.90. The first-order valence-electron chi connectivity index (χ1n) is 6.87. The monoisotopic (exact) mass is 271 g/mol. The molecular formula is C18H13N3. The van der Waals surface area contributed by atoms with Gasteiger partial charge in [-0.1, -0.05) is 48.5 Å². The van der Waals surface area contributed by atoms with E-state index in [1.807, 2.05) is 48.5 Å². The fourth-order valence-corrected chi connectivity index (χ4v) is 2.49. The Kier molecular flexibility index (Phi) is 2.75. The summed E-state index contributed by atoms with van der Waals surface area (Å²) in [6, 6.07) is 22.3. The highest BCUT2D eigenvalue weighted by atomic mass is 14.9. The maximum absolute atomic E-state index is 4.58. The summed E-state index contributed by atoms with van der Waals surface area (Å²) in [6.07, 6.45) is 1.78. The Bertz CT molecular complexity index is 912. The van der Waals surface area contributed by atoms with E-state index in [0.29, 0.717) is 0 Å². The van der Waals surface area contributed by atoms with Gasteiger partial charge >= 0.3 is 0 Å². The molecule has 3 heteroatoms. The third kappa shape index (κ3) is 2.19. The molecule has 3 nitrogen and oxygen atoms in total. The van der Waals surface area contributed by atoms with Gasteiger partial charge in [0.05, 0.1) is 22.9 Å². The number of rotatable bonds is 2. The van der Waals surface area contributed by atoms with E-state index in [-0.39, 0.29) is 0 Å². The number of hydrogen-bond acceptors (Lipinski definition) is 2. The van der Waals surface area contributed by atoms with Gasteiger partial charge in [0, 0.05) is 5.39 Å². The third-order valence-electron chi connectivity index (χ3n) is 3.50. The zero-order valence-electron chi connectivity index (χ0n) is 11.3. The summed E-state index contributed by atoms with van der Waals surface area (Å²) < 4.78 is 0. The number of aliphatic imine (C=N–C) groups is 1. The average Bonchev–Trinajstić information content (AvgIpc) is 2.96. The van der Waals surface area contributed by atoms with Gasteiger partial charge in [0.2, 0.25) is 0 Å². The summed E-state index contributed by atoms with van der Waals surface area (Å²) in [5.74, 6) is 0.768. The molecule has 0 aliphatic carbocycles. The molecule has 4 rings (SSSR count). The lowest BCUT2D eigenvalue weighted by molar-refractivity contribution is 1.30. The molecular weight excluding hydrogens is 258 g/mol.